The third-order valence-electron chi connectivity index (χ3n) is 4.54. The van der Waals surface area contributed by atoms with Crippen molar-refractivity contribution in [3.05, 3.63) is 65.9 Å². The molecular formula is C22H22N8O2S. The molecule has 2 amide bonds. The third kappa shape index (κ3) is 5.40. The number of para-hydroxylation sites is 1. The lowest BCUT2D eigenvalue weighted by Crippen LogP contribution is -2.26. The van der Waals surface area contributed by atoms with Gasteiger partial charge in [0, 0.05) is 30.0 Å². The number of carbonyl (C=O) groups excluding carboxylic acids is 2. The molecule has 2 aromatic heterocycles. The molecule has 0 spiro atoms. The normalized spacial score (nSPS) is 11.7. The number of hydrogen-bond acceptors (Lipinski definition) is 9. The molecule has 33 heavy (non-hydrogen) atoms. The van der Waals surface area contributed by atoms with E-state index in [2.05, 4.69) is 30.9 Å². The Hall–Kier alpha value is -4.09. The van der Waals surface area contributed by atoms with Crippen LogP contribution in [-0.2, 0) is 0 Å². The number of hydrogen-bond donors (Lipinski definition) is 5. The van der Waals surface area contributed by atoms with Crippen LogP contribution >= 0.6 is 11.3 Å². The quantitative estimate of drug-likeness (QED) is 0.267. The molecule has 2 aromatic carbocycles. The van der Waals surface area contributed by atoms with Crippen LogP contribution < -0.4 is 27.4 Å². The molecule has 0 aliphatic rings. The lowest BCUT2D eigenvalue weighted by molar-refractivity contribution is 0.0997. The highest BCUT2D eigenvalue weighted by Gasteiger charge is 2.15. The molecular weight excluding hydrogens is 440 g/mol. The van der Waals surface area contributed by atoms with Gasteiger partial charge in [-0.05, 0) is 37.3 Å². The summed E-state index contributed by atoms with van der Waals surface area (Å²) in [6.07, 6.45) is 1.34. The zero-order valence-electron chi connectivity index (χ0n) is 17.7. The number of benzene rings is 2. The fourth-order valence-electron chi connectivity index (χ4n) is 2.96. The number of fused-ring (bicyclic) bond motifs is 1. The van der Waals surface area contributed by atoms with Gasteiger partial charge in [-0.2, -0.15) is 4.98 Å². The number of nitrogens with one attached hydrogen (secondary N) is 3. The summed E-state index contributed by atoms with van der Waals surface area (Å²) < 4.78 is 0.986. The highest BCUT2D eigenvalue weighted by Crippen LogP contribution is 2.26. The molecule has 7 N–H and O–H groups in total. The van der Waals surface area contributed by atoms with Crippen molar-refractivity contribution in [1.82, 2.24) is 15.0 Å². The first kappa shape index (κ1) is 22.1. The Labute approximate surface area is 193 Å². The number of aromatic nitrogens is 3. The van der Waals surface area contributed by atoms with Crippen molar-refractivity contribution in [2.45, 2.75) is 13.0 Å². The number of nitrogens with zero attached hydrogens (tertiary/aromatic N) is 3. The second-order valence-electron chi connectivity index (χ2n) is 7.32. The number of thiazole rings is 1. The lowest BCUT2D eigenvalue weighted by Gasteiger charge is -2.13. The summed E-state index contributed by atoms with van der Waals surface area (Å²) in [6.45, 7) is 2.30. The van der Waals surface area contributed by atoms with E-state index in [1.807, 2.05) is 31.2 Å². The predicted octanol–water partition coefficient (Wildman–Crippen LogP) is 2.94. The van der Waals surface area contributed by atoms with Gasteiger partial charge in [0.05, 0.1) is 10.2 Å². The minimum atomic E-state index is -0.680. The van der Waals surface area contributed by atoms with Crippen LogP contribution in [0, 0.1) is 0 Å². The SMILES string of the molecule is CC(N)CNc1ncc(C(N)=O)c(Nc2cccc(C(=O)Nc3nc4ccccc4s3)c2)n1. The Kier molecular flexibility index (Phi) is 6.43. The second-order valence-corrected chi connectivity index (χ2v) is 8.36. The van der Waals surface area contributed by atoms with Crippen LogP contribution in [0.5, 0.6) is 0 Å². The van der Waals surface area contributed by atoms with Crippen molar-refractivity contribution in [1.29, 1.82) is 0 Å². The molecule has 0 saturated carbocycles. The average Bonchev–Trinajstić information content (AvgIpc) is 3.20. The smallest absolute Gasteiger partial charge is 0.257 e. The molecule has 168 valence electrons. The van der Waals surface area contributed by atoms with Gasteiger partial charge in [0.15, 0.2) is 5.13 Å². The molecule has 1 unspecified atom stereocenters. The van der Waals surface area contributed by atoms with E-state index in [1.165, 1.54) is 17.5 Å². The van der Waals surface area contributed by atoms with Crippen molar-refractivity contribution in [3.8, 4) is 0 Å². The molecule has 0 aliphatic carbocycles. The van der Waals surface area contributed by atoms with E-state index in [-0.39, 0.29) is 23.3 Å². The Morgan fingerprint density at radius 1 is 1.12 bits per heavy atom. The maximum Gasteiger partial charge on any atom is 0.257 e. The van der Waals surface area contributed by atoms with Gasteiger partial charge in [-0.1, -0.05) is 29.5 Å². The van der Waals surface area contributed by atoms with Gasteiger partial charge in [0.2, 0.25) is 5.95 Å². The van der Waals surface area contributed by atoms with Gasteiger partial charge >= 0.3 is 0 Å². The Bertz CT molecular complexity index is 1290. The van der Waals surface area contributed by atoms with E-state index in [0.717, 1.165) is 10.2 Å². The van der Waals surface area contributed by atoms with Crippen LogP contribution in [0.2, 0.25) is 0 Å². The highest BCUT2D eigenvalue weighted by atomic mass is 32.1. The van der Waals surface area contributed by atoms with Gasteiger partial charge in [-0.25, -0.2) is 9.97 Å². The van der Waals surface area contributed by atoms with Crippen molar-refractivity contribution >= 4 is 56.0 Å². The maximum atomic E-state index is 12.8. The first-order chi connectivity index (χ1) is 15.9. The summed E-state index contributed by atoms with van der Waals surface area (Å²) in [5, 5.41) is 9.38. The monoisotopic (exact) mass is 462 g/mol. The van der Waals surface area contributed by atoms with Crippen molar-refractivity contribution < 1.29 is 9.59 Å². The Balaban J connectivity index is 1.54. The van der Waals surface area contributed by atoms with E-state index in [4.69, 9.17) is 11.5 Å². The van der Waals surface area contributed by atoms with E-state index in [9.17, 15) is 9.59 Å². The van der Waals surface area contributed by atoms with Crippen molar-refractivity contribution in [2.75, 3.05) is 22.5 Å². The Morgan fingerprint density at radius 2 is 1.94 bits per heavy atom. The van der Waals surface area contributed by atoms with Crippen LogP contribution in [0.15, 0.2) is 54.7 Å². The van der Waals surface area contributed by atoms with Crippen LogP contribution in [-0.4, -0.2) is 39.4 Å². The first-order valence-electron chi connectivity index (χ1n) is 10.1. The minimum absolute atomic E-state index is 0.105. The molecule has 11 heteroatoms. The number of rotatable bonds is 8. The van der Waals surface area contributed by atoms with Crippen LogP contribution in [0.1, 0.15) is 27.6 Å². The molecule has 0 fully saturated rings. The molecule has 4 aromatic rings. The third-order valence-corrected chi connectivity index (χ3v) is 5.49. The van der Waals surface area contributed by atoms with Gasteiger partial charge in [0.1, 0.15) is 11.4 Å². The lowest BCUT2D eigenvalue weighted by atomic mass is 10.2. The summed E-state index contributed by atoms with van der Waals surface area (Å²) in [7, 11) is 0. The average molecular weight is 463 g/mol. The van der Waals surface area contributed by atoms with Crippen LogP contribution in [0.4, 0.5) is 22.6 Å². The van der Waals surface area contributed by atoms with Gasteiger partial charge < -0.3 is 22.1 Å². The molecule has 0 saturated heterocycles. The van der Waals surface area contributed by atoms with Crippen molar-refractivity contribution in [3.63, 3.8) is 0 Å². The largest absolute Gasteiger partial charge is 0.365 e. The summed E-state index contributed by atoms with van der Waals surface area (Å²) in [5.41, 5.74) is 13.1. The zero-order valence-corrected chi connectivity index (χ0v) is 18.5. The zero-order chi connectivity index (χ0) is 23.4. The summed E-state index contributed by atoms with van der Waals surface area (Å²) in [6, 6.07) is 14.3. The van der Waals surface area contributed by atoms with E-state index in [0.29, 0.717) is 28.9 Å². The summed E-state index contributed by atoms with van der Waals surface area (Å²) in [5.74, 6) is -0.478. The molecule has 2 heterocycles. The van der Waals surface area contributed by atoms with E-state index >= 15 is 0 Å². The maximum absolute atomic E-state index is 12.8. The van der Waals surface area contributed by atoms with E-state index in [1.54, 1.807) is 24.3 Å². The number of primary amides is 1. The standard InChI is InChI=1S/C22H22N8O2S/c1-12(23)10-25-21-26-11-15(18(24)31)19(29-21)27-14-6-4-5-13(9-14)20(32)30-22-28-16-7-2-3-8-17(16)33-22/h2-9,11-12H,10,23H2,1H3,(H2,24,31)(H,28,30,32)(H2,25,26,27,29). The van der Waals surface area contributed by atoms with Gasteiger partial charge in [-0.3, -0.25) is 14.9 Å². The van der Waals surface area contributed by atoms with Crippen molar-refractivity contribution in [2.24, 2.45) is 11.5 Å². The fourth-order valence-corrected chi connectivity index (χ4v) is 3.83. The molecule has 1 atom stereocenters. The highest BCUT2D eigenvalue weighted by molar-refractivity contribution is 7.22. The molecule has 4 rings (SSSR count). The fraction of sp³-hybridized carbons (Fsp3) is 0.136. The molecule has 0 bridgehead atoms. The summed E-state index contributed by atoms with van der Waals surface area (Å²) in [4.78, 5) is 37.5. The van der Waals surface area contributed by atoms with Crippen LogP contribution in [0.3, 0.4) is 0 Å². The Morgan fingerprint density at radius 3 is 2.70 bits per heavy atom. The number of amides is 2. The van der Waals surface area contributed by atoms with Gasteiger partial charge in [-0.15, -0.1) is 0 Å². The number of anilines is 4. The molecule has 10 nitrogen and oxygen atoms in total. The van der Waals surface area contributed by atoms with E-state index < -0.39 is 5.91 Å². The molecule has 0 aliphatic heterocycles. The number of carbonyl (C=O) groups is 2. The summed E-state index contributed by atoms with van der Waals surface area (Å²) >= 11 is 1.40. The second kappa shape index (κ2) is 9.59. The molecule has 0 radical (unpaired) electrons. The first-order valence-corrected chi connectivity index (χ1v) is 10.9. The van der Waals surface area contributed by atoms with Crippen LogP contribution in [0.25, 0.3) is 10.2 Å². The topological polar surface area (TPSA) is 161 Å². The predicted molar refractivity (Wildman–Crippen MR) is 130 cm³/mol. The van der Waals surface area contributed by atoms with Gasteiger partial charge in [0.25, 0.3) is 11.8 Å². The minimum Gasteiger partial charge on any atom is -0.365 e. The number of nitrogens with two attached hydrogens (primary N) is 2.